The molecule has 1 aliphatic rings. The fourth-order valence-electron chi connectivity index (χ4n) is 2.70. The summed E-state index contributed by atoms with van der Waals surface area (Å²) in [6, 6.07) is 5.52. The molecule has 0 radical (unpaired) electrons. The quantitative estimate of drug-likeness (QED) is 0.836. The largest absolute Gasteiger partial charge is 0.339 e. The Morgan fingerprint density at radius 1 is 1.36 bits per heavy atom. The fourth-order valence-corrected chi connectivity index (χ4v) is 4.37. The molecule has 2 aromatic rings. The van der Waals surface area contributed by atoms with Gasteiger partial charge in [0.25, 0.3) is 0 Å². The average molecular weight is 341 g/mol. The van der Waals surface area contributed by atoms with Gasteiger partial charge in [0, 0.05) is 23.3 Å². The van der Waals surface area contributed by atoms with Gasteiger partial charge in [-0.3, -0.25) is 0 Å². The fraction of sp³-hybridized carbons (Fsp3) is 0.467. The molecule has 118 valence electrons. The van der Waals surface area contributed by atoms with E-state index < -0.39 is 9.84 Å². The van der Waals surface area contributed by atoms with Crippen LogP contribution in [0.1, 0.15) is 24.3 Å². The summed E-state index contributed by atoms with van der Waals surface area (Å²) in [5.74, 6) is 1.15. The molecule has 0 atom stereocenters. The SMILES string of the molecule is Cc1ccc(Cl)cc1-c1noc(CC2(CS(C)(=O)=O)CC2)n1. The normalized spacial score (nSPS) is 16.7. The van der Waals surface area contributed by atoms with Crippen LogP contribution >= 0.6 is 11.6 Å². The molecule has 0 bridgehead atoms. The standard InChI is InChI=1S/C15H17ClN2O3S/c1-10-3-4-11(16)7-12(10)14-17-13(21-18-14)8-15(5-6-15)9-22(2,19)20/h3-4,7H,5-6,8-9H2,1-2H3. The Labute approximate surface area is 134 Å². The minimum Gasteiger partial charge on any atom is -0.339 e. The summed E-state index contributed by atoms with van der Waals surface area (Å²) in [5, 5.41) is 4.62. The molecule has 7 heteroatoms. The molecule has 5 nitrogen and oxygen atoms in total. The van der Waals surface area contributed by atoms with Crippen LogP contribution in [-0.4, -0.2) is 30.6 Å². The zero-order valence-electron chi connectivity index (χ0n) is 12.5. The molecule has 22 heavy (non-hydrogen) atoms. The number of sulfone groups is 1. The van der Waals surface area contributed by atoms with Crippen LogP contribution in [0, 0.1) is 12.3 Å². The van der Waals surface area contributed by atoms with Gasteiger partial charge in [-0.25, -0.2) is 8.42 Å². The lowest BCUT2D eigenvalue weighted by atomic mass is 10.1. The highest BCUT2D eigenvalue weighted by Crippen LogP contribution is 2.49. The van der Waals surface area contributed by atoms with Crippen LogP contribution in [0.25, 0.3) is 11.4 Å². The second-order valence-corrected chi connectivity index (χ2v) is 8.79. The molecule has 1 heterocycles. The molecule has 0 aliphatic heterocycles. The van der Waals surface area contributed by atoms with Gasteiger partial charge < -0.3 is 4.52 Å². The third-order valence-electron chi connectivity index (χ3n) is 3.96. The third-order valence-corrected chi connectivity index (χ3v) is 5.33. The molecular weight excluding hydrogens is 324 g/mol. The van der Waals surface area contributed by atoms with Gasteiger partial charge in [0.1, 0.15) is 9.84 Å². The number of rotatable bonds is 5. The molecule has 0 spiro atoms. The van der Waals surface area contributed by atoms with Crippen molar-refractivity contribution in [3.05, 3.63) is 34.7 Å². The van der Waals surface area contributed by atoms with E-state index >= 15 is 0 Å². The van der Waals surface area contributed by atoms with E-state index in [9.17, 15) is 8.42 Å². The number of aromatic nitrogens is 2. The average Bonchev–Trinajstić information content (AvgIpc) is 2.97. The highest BCUT2D eigenvalue weighted by Gasteiger charge is 2.46. The van der Waals surface area contributed by atoms with Gasteiger partial charge in [0.15, 0.2) is 0 Å². The summed E-state index contributed by atoms with van der Waals surface area (Å²) >= 11 is 6.01. The molecule has 1 aromatic heterocycles. The van der Waals surface area contributed by atoms with Crippen LogP contribution in [0.15, 0.2) is 22.7 Å². The monoisotopic (exact) mass is 340 g/mol. The summed E-state index contributed by atoms with van der Waals surface area (Å²) < 4.78 is 28.3. The summed E-state index contributed by atoms with van der Waals surface area (Å²) in [6.07, 6.45) is 3.54. The Morgan fingerprint density at radius 2 is 2.09 bits per heavy atom. The maximum Gasteiger partial charge on any atom is 0.227 e. The molecule has 1 saturated carbocycles. The Bertz CT molecular complexity index is 810. The molecule has 0 saturated heterocycles. The first-order chi connectivity index (χ1) is 10.3. The van der Waals surface area contributed by atoms with E-state index in [0.29, 0.717) is 23.2 Å². The molecule has 1 fully saturated rings. The van der Waals surface area contributed by atoms with E-state index in [1.54, 1.807) is 6.07 Å². The Balaban J connectivity index is 1.81. The van der Waals surface area contributed by atoms with Gasteiger partial charge in [-0.15, -0.1) is 0 Å². The second-order valence-electron chi connectivity index (χ2n) is 6.22. The maximum atomic E-state index is 11.5. The van der Waals surface area contributed by atoms with E-state index in [2.05, 4.69) is 10.1 Å². The minimum atomic E-state index is -3.00. The van der Waals surface area contributed by atoms with Crippen molar-refractivity contribution < 1.29 is 12.9 Å². The van der Waals surface area contributed by atoms with Crippen molar-refractivity contribution in [3.8, 4) is 11.4 Å². The number of benzene rings is 1. The Hall–Kier alpha value is -1.40. The molecule has 1 aromatic carbocycles. The number of hydrogen-bond donors (Lipinski definition) is 0. The van der Waals surface area contributed by atoms with Gasteiger partial charge in [0.05, 0.1) is 5.75 Å². The predicted molar refractivity (Wildman–Crippen MR) is 84.6 cm³/mol. The lowest BCUT2D eigenvalue weighted by Crippen LogP contribution is -2.18. The smallest absolute Gasteiger partial charge is 0.227 e. The lowest BCUT2D eigenvalue weighted by molar-refractivity contribution is 0.353. The zero-order chi connectivity index (χ0) is 16.0. The summed E-state index contributed by atoms with van der Waals surface area (Å²) in [6.45, 7) is 1.95. The number of halogens is 1. The highest BCUT2D eigenvalue weighted by atomic mass is 35.5. The van der Waals surface area contributed by atoms with Crippen LogP contribution < -0.4 is 0 Å². The van der Waals surface area contributed by atoms with Gasteiger partial charge in [-0.2, -0.15) is 4.98 Å². The van der Waals surface area contributed by atoms with Gasteiger partial charge >= 0.3 is 0 Å². The van der Waals surface area contributed by atoms with Crippen LogP contribution in [0.5, 0.6) is 0 Å². The van der Waals surface area contributed by atoms with E-state index in [4.69, 9.17) is 16.1 Å². The first-order valence-corrected chi connectivity index (χ1v) is 9.47. The Morgan fingerprint density at radius 3 is 2.73 bits per heavy atom. The summed E-state index contributed by atoms with van der Waals surface area (Å²) in [7, 11) is -3.00. The van der Waals surface area contributed by atoms with Crippen molar-refractivity contribution in [1.29, 1.82) is 0 Å². The van der Waals surface area contributed by atoms with Gasteiger partial charge in [-0.1, -0.05) is 22.8 Å². The van der Waals surface area contributed by atoms with Gasteiger partial charge in [-0.05, 0) is 42.9 Å². The maximum absolute atomic E-state index is 11.5. The molecule has 1 aliphatic carbocycles. The number of nitrogens with zero attached hydrogens (tertiary/aromatic N) is 2. The Kier molecular flexibility index (Phi) is 3.77. The van der Waals surface area contributed by atoms with Crippen molar-refractivity contribution in [1.82, 2.24) is 10.1 Å². The minimum absolute atomic E-state index is 0.175. The summed E-state index contributed by atoms with van der Waals surface area (Å²) in [4.78, 5) is 4.41. The van der Waals surface area contributed by atoms with Crippen molar-refractivity contribution in [2.75, 3.05) is 12.0 Å². The molecule has 0 amide bonds. The predicted octanol–water partition coefficient (Wildman–Crippen LogP) is 3.07. The number of aryl methyl sites for hydroxylation is 1. The topological polar surface area (TPSA) is 73.1 Å². The first kappa shape index (κ1) is 15.5. The number of hydrogen-bond acceptors (Lipinski definition) is 5. The first-order valence-electron chi connectivity index (χ1n) is 7.03. The van der Waals surface area contributed by atoms with Crippen molar-refractivity contribution in [3.63, 3.8) is 0 Å². The summed E-state index contributed by atoms with van der Waals surface area (Å²) in [5.41, 5.74) is 1.62. The van der Waals surface area contributed by atoms with Crippen LogP contribution in [0.3, 0.4) is 0 Å². The van der Waals surface area contributed by atoms with E-state index in [1.165, 1.54) is 6.26 Å². The zero-order valence-corrected chi connectivity index (χ0v) is 14.0. The van der Waals surface area contributed by atoms with E-state index in [-0.39, 0.29) is 11.2 Å². The molecule has 0 unspecified atom stereocenters. The van der Waals surface area contributed by atoms with Crippen molar-refractivity contribution in [2.45, 2.75) is 26.2 Å². The molecule has 3 rings (SSSR count). The second kappa shape index (κ2) is 5.35. The molecule has 0 N–H and O–H groups in total. The van der Waals surface area contributed by atoms with Crippen LogP contribution in [0.2, 0.25) is 5.02 Å². The van der Waals surface area contributed by atoms with Crippen LogP contribution in [-0.2, 0) is 16.3 Å². The van der Waals surface area contributed by atoms with E-state index in [1.807, 2.05) is 19.1 Å². The molecular formula is C15H17ClN2O3S. The third kappa shape index (κ3) is 3.50. The van der Waals surface area contributed by atoms with Gasteiger partial charge in [0.2, 0.25) is 11.7 Å². The highest BCUT2D eigenvalue weighted by molar-refractivity contribution is 7.90. The van der Waals surface area contributed by atoms with Crippen molar-refractivity contribution >= 4 is 21.4 Å². The van der Waals surface area contributed by atoms with Crippen molar-refractivity contribution in [2.24, 2.45) is 5.41 Å². The van der Waals surface area contributed by atoms with E-state index in [0.717, 1.165) is 24.0 Å². The van der Waals surface area contributed by atoms with Crippen LogP contribution in [0.4, 0.5) is 0 Å². The lowest BCUT2D eigenvalue weighted by Gasteiger charge is -2.10.